The Morgan fingerprint density at radius 1 is 1.10 bits per heavy atom. The largest absolute Gasteiger partial charge is 0.469 e. The van der Waals surface area contributed by atoms with E-state index in [-0.39, 0.29) is 18.9 Å². The van der Waals surface area contributed by atoms with Gasteiger partial charge >= 0.3 is 5.97 Å². The van der Waals surface area contributed by atoms with Crippen LogP contribution in [-0.2, 0) is 43.7 Å². The first-order chi connectivity index (χ1) is 13.8. The average Bonchev–Trinajstić information content (AvgIpc) is 2.70. The van der Waals surface area contributed by atoms with Gasteiger partial charge in [0.1, 0.15) is 6.54 Å². The van der Waals surface area contributed by atoms with Crippen molar-refractivity contribution in [1.82, 2.24) is 4.90 Å². The molecule has 0 bridgehead atoms. The fourth-order valence-corrected chi connectivity index (χ4v) is 4.23. The molecule has 0 unspecified atom stereocenters. The summed E-state index contributed by atoms with van der Waals surface area (Å²) in [5.41, 5.74) is 3.26. The topological polar surface area (TPSA) is 84.0 Å². The number of fused-ring (bicyclic) bond motifs is 1. The lowest BCUT2D eigenvalue weighted by molar-refractivity contribution is -0.139. The first-order valence-electron chi connectivity index (χ1n) is 9.26. The Labute approximate surface area is 170 Å². The maximum Gasteiger partial charge on any atom is 0.309 e. The normalized spacial score (nSPS) is 13.5. The summed E-state index contributed by atoms with van der Waals surface area (Å²) in [6.45, 7) is 0.730. The summed E-state index contributed by atoms with van der Waals surface area (Å²) in [7, 11) is -2.40. The molecule has 8 heteroatoms. The third-order valence-electron chi connectivity index (χ3n) is 4.94. The summed E-state index contributed by atoms with van der Waals surface area (Å²) in [6.07, 6.45) is 1.84. The Kier molecular flexibility index (Phi) is 6.22. The Hall–Kier alpha value is -2.87. The molecular formula is C21H24N2O5S. The number of ether oxygens (including phenoxy) is 1. The quantitative estimate of drug-likeness (QED) is 0.670. The van der Waals surface area contributed by atoms with Gasteiger partial charge in [0.25, 0.3) is 0 Å². The second kappa shape index (κ2) is 8.65. The summed E-state index contributed by atoms with van der Waals surface area (Å²) >= 11 is 0. The summed E-state index contributed by atoms with van der Waals surface area (Å²) in [6, 6.07) is 14.5. The Morgan fingerprint density at radius 2 is 1.83 bits per heavy atom. The van der Waals surface area contributed by atoms with Crippen LogP contribution in [0.25, 0.3) is 0 Å². The molecule has 0 aliphatic carbocycles. The van der Waals surface area contributed by atoms with Crippen molar-refractivity contribution in [2.75, 3.05) is 30.8 Å². The van der Waals surface area contributed by atoms with Gasteiger partial charge in [-0.25, -0.2) is 8.42 Å². The number of sulfonamides is 1. The number of carbonyl (C=O) groups is 2. The monoisotopic (exact) mass is 416 g/mol. The molecule has 0 atom stereocenters. The van der Waals surface area contributed by atoms with Crippen LogP contribution in [0.1, 0.15) is 16.7 Å². The molecule has 0 saturated heterocycles. The molecule has 3 rings (SSSR count). The maximum absolute atomic E-state index is 12.9. The summed E-state index contributed by atoms with van der Waals surface area (Å²) in [4.78, 5) is 26.1. The molecule has 7 nitrogen and oxygen atoms in total. The molecule has 1 amide bonds. The van der Waals surface area contributed by atoms with Crippen LogP contribution >= 0.6 is 0 Å². The first kappa shape index (κ1) is 20.9. The van der Waals surface area contributed by atoms with Gasteiger partial charge in [-0.15, -0.1) is 0 Å². The minimum Gasteiger partial charge on any atom is -0.469 e. The average molecular weight is 416 g/mol. The fraction of sp³-hybridized carbons (Fsp3) is 0.333. The zero-order valence-electron chi connectivity index (χ0n) is 16.5. The summed E-state index contributed by atoms with van der Waals surface area (Å²) < 4.78 is 30.5. The summed E-state index contributed by atoms with van der Waals surface area (Å²) in [5, 5.41) is 0. The number of nitrogens with zero attached hydrogens (tertiary/aromatic N) is 2. The van der Waals surface area contributed by atoms with Crippen molar-refractivity contribution in [2.45, 2.75) is 19.4 Å². The van der Waals surface area contributed by atoms with Gasteiger partial charge in [-0.3, -0.25) is 13.9 Å². The number of hydrogen-bond acceptors (Lipinski definition) is 5. The van der Waals surface area contributed by atoms with E-state index in [2.05, 4.69) is 4.74 Å². The number of esters is 1. The number of rotatable bonds is 6. The molecular weight excluding hydrogens is 392 g/mol. The number of amides is 1. The Balaban J connectivity index is 1.79. The van der Waals surface area contributed by atoms with Crippen molar-refractivity contribution in [1.29, 1.82) is 0 Å². The van der Waals surface area contributed by atoms with Crippen LogP contribution in [0, 0.1) is 0 Å². The Morgan fingerprint density at radius 3 is 2.52 bits per heavy atom. The zero-order valence-corrected chi connectivity index (χ0v) is 17.3. The van der Waals surface area contributed by atoms with Gasteiger partial charge in [0, 0.05) is 13.1 Å². The van der Waals surface area contributed by atoms with E-state index in [1.807, 2.05) is 24.3 Å². The van der Waals surface area contributed by atoms with Crippen LogP contribution < -0.4 is 4.31 Å². The molecule has 0 fully saturated rings. The molecule has 0 N–H and O–H groups in total. The van der Waals surface area contributed by atoms with Gasteiger partial charge in [0.15, 0.2) is 0 Å². The maximum atomic E-state index is 12.9. The molecule has 0 radical (unpaired) electrons. The third-order valence-corrected chi connectivity index (χ3v) is 6.08. The first-order valence-corrected chi connectivity index (χ1v) is 11.1. The highest BCUT2D eigenvalue weighted by Gasteiger charge is 2.26. The predicted octanol–water partition coefficient (Wildman–Crippen LogP) is 1.75. The van der Waals surface area contributed by atoms with Crippen molar-refractivity contribution >= 4 is 27.6 Å². The van der Waals surface area contributed by atoms with E-state index in [1.165, 1.54) is 12.7 Å². The third kappa shape index (κ3) is 5.14. The minimum atomic E-state index is -3.69. The van der Waals surface area contributed by atoms with E-state index in [9.17, 15) is 18.0 Å². The van der Waals surface area contributed by atoms with Gasteiger partial charge in [-0.1, -0.05) is 36.4 Å². The molecule has 0 aromatic heterocycles. The zero-order chi connectivity index (χ0) is 21.0. The van der Waals surface area contributed by atoms with Crippen molar-refractivity contribution in [3.63, 3.8) is 0 Å². The second-order valence-electron chi connectivity index (χ2n) is 7.03. The number of carbonyl (C=O) groups excluding carboxylic acids is 2. The number of hydrogen-bond donors (Lipinski definition) is 0. The highest BCUT2D eigenvalue weighted by Crippen LogP contribution is 2.22. The minimum absolute atomic E-state index is 0.0266. The van der Waals surface area contributed by atoms with Crippen molar-refractivity contribution in [3.05, 3.63) is 65.2 Å². The fourth-order valence-electron chi connectivity index (χ4n) is 3.39. The molecule has 1 heterocycles. The van der Waals surface area contributed by atoms with E-state index in [0.717, 1.165) is 22.5 Å². The van der Waals surface area contributed by atoms with E-state index in [0.29, 0.717) is 24.3 Å². The lowest BCUT2D eigenvalue weighted by Crippen LogP contribution is -2.44. The molecule has 0 spiro atoms. The van der Waals surface area contributed by atoms with Crippen molar-refractivity contribution in [3.8, 4) is 0 Å². The highest BCUT2D eigenvalue weighted by atomic mass is 32.2. The molecule has 0 saturated carbocycles. The summed E-state index contributed by atoms with van der Waals surface area (Å²) in [5.74, 6) is -0.681. The molecule has 154 valence electrons. The number of benzene rings is 2. The van der Waals surface area contributed by atoms with E-state index >= 15 is 0 Å². The van der Waals surface area contributed by atoms with E-state index in [1.54, 1.807) is 29.2 Å². The smallest absolute Gasteiger partial charge is 0.309 e. The lowest BCUT2D eigenvalue weighted by atomic mass is 10.00. The second-order valence-corrected chi connectivity index (χ2v) is 8.93. The SMILES string of the molecule is COC(=O)Cc1cccc(N(CC(=O)N2CCc3ccccc3C2)S(C)(=O)=O)c1. The standard InChI is InChI=1S/C21H24N2O5S/c1-28-21(25)13-16-6-5-9-19(12-16)23(29(2,26)27)15-20(24)22-11-10-17-7-3-4-8-18(17)14-22/h3-9,12H,10-11,13-15H2,1-2H3. The van der Waals surface area contributed by atoms with Gasteiger partial charge in [-0.05, 0) is 35.2 Å². The van der Waals surface area contributed by atoms with Crippen molar-refractivity contribution < 1.29 is 22.7 Å². The van der Waals surface area contributed by atoms with Gasteiger partial charge < -0.3 is 9.64 Å². The van der Waals surface area contributed by atoms with Crippen LogP contribution in [0.5, 0.6) is 0 Å². The van der Waals surface area contributed by atoms with Crippen molar-refractivity contribution in [2.24, 2.45) is 0 Å². The molecule has 29 heavy (non-hydrogen) atoms. The molecule has 2 aromatic carbocycles. The molecule has 2 aromatic rings. The van der Waals surface area contributed by atoms with Crippen LogP contribution in [-0.4, -0.2) is 51.6 Å². The van der Waals surface area contributed by atoms with Gasteiger partial charge in [0.05, 0.1) is 25.5 Å². The van der Waals surface area contributed by atoms with E-state index in [4.69, 9.17) is 0 Å². The highest BCUT2D eigenvalue weighted by molar-refractivity contribution is 7.92. The molecule has 1 aliphatic rings. The lowest BCUT2D eigenvalue weighted by Gasteiger charge is -2.31. The number of methoxy groups -OCH3 is 1. The van der Waals surface area contributed by atoms with E-state index < -0.39 is 16.0 Å². The van der Waals surface area contributed by atoms with Gasteiger partial charge in [-0.2, -0.15) is 0 Å². The van der Waals surface area contributed by atoms with Gasteiger partial charge in [0.2, 0.25) is 15.9 Å². The number of anilines is 1. The van der Waals surface area contributed by atoms with Crippen LogP contribution in [0.2, 0.25) is 0 Å². The van der Waals surface area contributed by atoms with Crippen LogP contribution in [0.3, 0.4) is 0 Å². The van der Waals surface area contributed by atoms with Crippen LogP contribution in [0.15, 0.2) is 48.5 Å². The van der Waals surface area contributed by atoms with Crippen LogP contribution in [0.4, 0.5) is 5.69 Å². The predicted molar refractivity (Wildman–Crippen MR) is 110 cm³/mol. The Bertz CT molecular complexity index is 1020. The molecule has 1 aliphatic heterocycles.